The topological polar surface area (TPSA) is 77.1 Å². The molecule has 2 amide bonds. The maximum atomic E-state index is 12.6. The second kappa shape index (κ2) is 8.17. The average molecular weight is 374 g/mol. The number of hydrogen-bond donors (Lipinski definition) is 1. The van der Waals surface area contributed by atoms with Crippen molar-refractivity contribution in [2.24, 2.45) is 11.8 Å². The number of carbonyl (C=O) groups is 2. The number of likely N-dealkylation sites (tertiary alicyclic amines) is 1. The molecule has 0 spiro atoms. The molecule has 0 bridgehead atoms. The Balaban J connectivity index is 1.29. The van der Waals surface area contributed by atoms with Gasteiger partial charge in [-0.05, 0) is 37.8 Å². The molecule has 3 heterocycles. The average Bonchev–Trinajstić information content (AvgIpc) is 2.74. The van der Waals surface area contributed by atoms with Crippen LogP contribution in [-0.4, -0.2) is 56.2 Å². The van der Waals surface area contributed by atoms with Crippen LogP contribution < -0.4 is 14.8 Å². The van der Waals surface area contributed by atoms with Crippen molar-refractivity contribution >= 4 is 17.5 Å². The molecule has 0 radical (unpaired) electrons. The molecule has 146 valence electrons. The lowest BCUT2D eigenvalue weighted by molar-refractivity contribution is -0.141. The van der Waals surface area contributed by atoms with Crippen molar-refractivity contribution in [2.75, 3.05) is 44.8 Å². The number of anilines is 1. The van der Waals surface area contributed by atoms with Crippen molar-refractivity contribution in [3.8, 4) is 11.5 Å². The van der Waals surface area contributed by atoms with Crippen LogP contribution in [0.5, 0.6) is 11.5 Å². The summed E-state index contributed by atoms with van der Waals surface area (Å²) in [5.41, 5.74) is 0.713. The molecule has 1 aromatic carbocycles. The zero-order chi connectivity index (χ0) is 18.6. The highest BCUT2D eigenvalue weighted by Gasteiger charge is 2.31. The van der Waals surface area contributed by atoms with Gasteiger partial charge in [0, 0.05) is 49.9 Å². The van der Waals surface area contributed by atoms with E-state index in [1.54, 1.807) is 6.07 Å². The molecule has 7 nitrogen and oxygen atoms in total. The second-order valence-electron chi connectivity index (χ2n) is 7.33. The van der Waals surface area contributed by atoms with E-state index in [-0.39, 0.29) is 23.7 Å². The predicted octanol–water partition coefficient (Wildman–Crippen LogP) is 2.06. The quantitative estimate of drug-likeness (QED) is 0.876. The number of piperidine rings is 1. The largest absolute Gasteiger partial charge is 0.486 e. The number of fused-ring (bicyclic) bond motifs is 1. The van der Waals surface area contributed by atoms with Gasteiger partial charge in [0.05, 0.1) is 0 Å². The van der Waals surface area contributed by atoms with Crippen LogP contribution in [-0.2, 0) is 14.3 Å². The van der Waals surface area contributed by atoms with E-state index in [1.165, 1.54) is 0 Å². The summed E-state index contributed by atoms with van der Waals surface area (Å²) >= 11 is 0. The Labute approximate surface area is 158 Å². The lowest BCUT2D eigenvalue weighted by Crippen LogP contribution is -2.45. The molecule has 27 heavy (non-hydrogen) atoms. The lowest BCUT2D eigenvalue weighted by atomic mass is 9.93. The summed E-state index contributed by atoms with van der Waals surface area (Å²) in [7, 11) is 0. The number of carbonyl (C=O) groups excluding carboxylic acids is 2. The van der Waals surface area contributed by atoms with E-state index in [0.29, 0.717) is 69.5 Å². The Morgan fingerprint density at radius 2 is 1.59 bits per heavy atom. The molecule has 3 aliphatic heterocycles. The summed E-state index contributed by atoms with van der Waals surface area (Å²) in [6.07, 6.45) is 3.02. The highest BCUT2D eigenvalue weighted by atomic mass is 16.6. The van der Waals surface area contributed by atoms with Gasteiger partial charge in [-0.25, -0.2) is 0 Å². The van der Waals surface area contributed by atoms with Crippen LogP contribution in [0.4, 0.5) is 5.69 Å². The van der Waals surface area contributed by atoms with Crippen LogP contribution in [0.1, 0.15) is 25.7 Å². The first-order chi connectivity index (χ1) is 13.2. The van der Waals surface area contributed by atoms with Gasteiger partial charge in [0.15, 0.2) is 11.5 Å². The van der Waals surface area contributed by atoms with Crippen molar-refractivity contribution < 1.29 is 23.8 Å². The van der Waals surface area contributed by atoms with Crippen LogP contribution >= 0.6 is 0 Å². The van der Waals surface area contributed by atoms with E-state index in [4.69, 9.17) is 14.2 Å². The fourth-order valence-corrected chi connectivity index (χ4v) is 3.93. The zero-order valence-electron chi connectivity index (χ0n) is 15.4. The highest BCUT2D eigenvalue weighted by molar-refractivity contribution is 5.93. The molecule has 2 saturated heterocycles. The lowest BCUT2D eigenvalue weighted by Gasteiger charge is -2.34. The fourth-order valence-electron chi connectivity index (χ4n) is 3.93. The molecular formula is C20H26N2O5. The van der Waals surface area contributed by atoms with Crippen molar-refractivity contribution in [3.05, 3.63) is 18.2 Å². The molecule has 0 unspecified atom stereocenters. The van der Waals surface area contributed by atoms with Gasteiger partial charge in [0.25, 0.3) is 0 Å². The van der Waals surface area contributed by atoms with Gasteiger partial charge < -0.3 is 24.4 Å². The van der Waals surface area contributed by atoms with E-state index in [9.17, 15) is 9.59 Å². The molecule has 0 atom stereocenters. The Bertz CT molecular complexity index is 694. The summed E-state index contributed by atoms with van der Waals surface area (Å²) in [5.74, 6) is 1.61. The van der Waals surface area contributed by atoms with E-state index < -0.39 is 0 Å². The van der Waals surface area contributed by atoms with Gasteiger partial charge in [0.1, 0.15) is 13.2 Å². The number of benzene rings is 1. The standard InChI is InChI=1S/C20H26N2O5/c23-19(21-16-1-2-17-18(13-16)27-12-11-26-17)14-3-7-22(8-4-14)20(24)15-5-9-25-10-6-15/h1-2,13-15H,3-12H2,(H,21,23). The SMILES string of the molecule is O=C(Nc1ccc2c(c1)OCCO2)C1CCN(C(=O)C2CCOCC2)CC1. The van der Waals surface area contributed by atoms with Gasteiger partial charge in [-0.15, -0.1) is 0 Å². The van der Waals surface area contributed by atoms with Gasteiger partial charge in [0.2, 0.25) is 11.8 Å². The van der Waals surface area contributed by atoms with Crippen molar-refractivity contribution in [2.45, 2.75) is 25.7 Å². The molecule has 2 fully saturated rings. The predicted molar refractivity (Wildman–Crippen MR) is 98.9 cm³/mol. The minimum absolute atomic E-state index is 0.00448. The second-order valence-corrected chi connectivity index (χ2v) is 7.33. The summed E-state index contributed by atoms with van der Waals surface area (Å²) in [5, 5.41) is 2.97. The third-order valence-electron chi connectivity index (χ3n) is 5.56. The maximum Gasteiger partial charge on any atom is 0.227 e. The molecule has 3 aliphatic rings. The minimum Gasteiger partial charge on any atom is -0.486 e. The van der Waals surface area contributed by atoms with E-state index in [2.05, 4.69) is 5.32 Å². The van der Waals surface area contributed by atoms with E-state index in [1.807, 2.05) is 17.0 Å². The Morgan fingerprint density at radius 1 is 0.889 bits per heavy atom. The Kier molecular flexibility index (Phi) is 5.48. The van der Waals surface area contributed by atoms with Crippen molar-refractivity contribution in [3.63, 3.8) is 0 Å². The number of nitrogens with one attached hydrogen (secondary N) is 1. The fraction of sp³-hybridized carbons (Fsp3) is 0.600. The van der Waals surface area contributed by atoms with Crippen LogP contribution in [0.15, 0.2) is 18.2 Å². The van der Waals surface area contributed by atoms with Gasteiger partial charge in [-0.3, -0.25) is 9.59 Å². The Hall–Kier alpha value is -2.28. The smallest absolute Gasteiger partial charge is 0.227 e. The van der Waals surface area contributed by atoms with Gasteiger partial charge in [-0.2, -0.15) is 0 Å². The molecule has 0 saturated carbocycles. The van der Waals surface area contributed by atoms with Gasteiger partial charge in [-0.1, -0.05) is 0 Å². The first-order valence-electron chi connectivity index (χ1n) is 9.78. The van der Waals surface area contributed by atoms with E-state index in [0.717, 1.165) is 12.8 Å². The minimum atomic E-state index is -0.0723. The number of rotatable bonds is 3. The molecule has 0 aliphatic carbocycles. The van der Waals surface area contributed by atoms with Crippen LogP contribution in [0.25, 0.3) is 0 Å². The summed E-state index contributed by atoms with van der Waals surface area (Å²) in [6, 6.07) is 5.45. The van der Waals surface area contributed by atoms with Crippen LogP contribution in [0.3, 0.4) is 0 Å². The summed E-state index contributed by atoms with van der Waals surface area (Å²) < 4.78 is 16.4. The molecule has 0 aromatic heterocycles. The van der Waals surface area contributed by atoms with Crippen molar-refractivity contribution in [1.82, 2.24) is 4.90 Å². The molecule has 7 heteroatoms. The highest BCUT2D eigenvalue weighted by Crippen LogP contribution is 2.33. The van der Waals surface area contributed by atoms with Gasteiger partial charge >= 0.3 is 0 Å². The third kappa shape index (κ3) is 4.18. The summed E-state index contributed by atoms with van der Waals surface area (Å²) in [6.45, 7) is 3.70. The zero-order valence-corrected chi connectivity index (χ0v) is 15.4. The molecule has 4 rings (SSSR count). The molecular weight excluding hydrogens is 348 g/mol. The first-order valence-corrected chi connectivity index (χ1v) is 9.78. The molecule has 1 aromatic rings. The summed E-state index contributed by atoms with van der Waals surface area (Å²) in [4.78, 5) is 27.1. The number of amides is 2. The third-order valence-corrected chi connectivity index (χ3v) is 5.56. The van der Waals surface area contributed by atoms with Crippen LogP contribution in [0.2, 0.25) is 0 Å². The van der Waals surface area contributed by atoms with E-state index >= 15 is 0 Å². The Morgan fingerprint density at radius 3 is 2.33 bits per heavy atom. The molecule has 1 N–H and O–H groups in total. The van der Waals surface area contributed by atoms with Crippen LogP contribution in [0, 0.1) is 11.8 Å². The first kappa shape index (κ1) is 18.1. The normalized spacial score (nSPS) is 21.0. The number of hydrogen-bond acceptors (Lipinski definition) is 5. The number of nitrogens with zero attached hydrogens (tertiary/aromatic N) is 1. The monoisotopic (exact) mass is 374 g/mol. The van der Waals surface area contributed by atoms with Crippen molar-refractivity contribution in [1.29, 1.82) is 0 Å². The number of ether oxygens (including phenoxy) is 3. The maximum absolute atomic E-state index is 12.6.